The molecule has 3 fully saturated rings. The van der Waals surface area contributed by atoms with Gasteiger partial charge >= 0.3 is 18.3 Å². The van der Waals surface area contributed by atoms with Crippen molar-refractivity contribution in [1.29, 1.82) is 0 Å². The molecule has 23 nitrogen and oxygen atoms in total. The van der Waals surface area contributed by atoms with Crippen molar-refractivity contribution in [3.8, 4) is 0 Å². The lowest BCUT2D eigenvalue weighted by molar-refractivity contribution is -0.331. The molecule has 0 unspecified atom stereocenters. The maximum atomic E-state index is 13.6. The van der Waals surface area contributed by atoms with Crippen LogP contribution in [0.3, 0.4) is 0 Å². The van der Waals surface area contributed by atoms with Crippen molar-refractivity contribution < 1.29 is 88.1 Å². The van der Waals surface area contributed by atoms with E-state index >= 15 is 0 Å². The molecule has 1 saturated carbocycles. The molecule has 0 spiro atoms. The van der Waals surface area contributed by atoms with Crippen LogP contribution in [0.4, 0.5) is 14.4 Å². The van der Waals surface area contributed by atoms with Crippen LogP contribution < -0.4 is 26.6 Å². The molecule has 4 amide bonds. The monoisotopic (exact) mass is 971 g/mol. The van der Waals surface area contributed by atoms with Crippen LogP contribution in [0.15, 0.2) is 91.0 Å². The summed E-state index contributed by atoms with van der Waals surface area (Å²) in [7, 11) is 1.48. The molecule has 69 heavy (non-hydrogen) atoms. The van der Waals surface area contributed by atoms with E-state index in [1.165, 1.54) is 14.0 Å². The fraction of sp³-hybridized carbons (Fsp3) is 0.522. The average molecular weight is 972 g/mol. The molecule has 3 aromatic rings. The number of aliphatic hydroxyl groups excluding tert-OH is 6. The lowest BCUT2D eigenvalue weighted by Gasteiger charge is -2.50. The van der Waals surface area contributed by atoms with Crippen molar-refractivity contribution in [2.75, 3.05) is 26.7 Å². The lowest BCUT2D eigenvalue weighted by atomic mass is 9.82. The van der Waals surface area contributed by atoms with Gasteiger partial charge in [-0.3, -0.25) is 4.79 Å². The molecular formula is C46H61N5O18. The minimum atomic E-state index is -2.00. The van der Waals surface area contributed by atoms with Gasteiger partial charge in [0, 0.05) is 6.54 Å². The first-order chi connectivity index (χ1) is 33.0. The molecule has 0 bridgehead atoms. The van der Waals surface area contributed by atoms with Gasteiger partial charge in [0.25, 0.3) is 5.91 Å². The Morgan fingerprint density at radius 2 is 1.14 bits per heavy atom. The van der Waals surface area contributed by atoms with E-state index in [0.717, 1.165) is 0 Å². The minimum absolute atomic E-state index is 0.0855. The van der Waals surface area contributed by atoms with E-state index < -0.39 is 135 Å². The van der Waals surface area contributed by atoms with Crippen LogP contribution in [0.5, 0.6) is 0 Å². The molecule has 2 heterocycles. The van der Waals surface area contributed by atoms with Crippen molar-refractivity contribution in [2.24, 2.45) is 0 Å². The molecule has 15 atom stereocenters. The molecule has 6 rings (SSSR count). The fourth-order valence-corrected chi connectivity index (χ4v) is 8.11. The maximum Gasteiger partial charge on any atom is 0.407 e. The quantitative estimate of drug-likeness (QED) is 0.0638. The first kappa shape index (κ1) is 52.8. The van der Waals surface area contributed by atoms with Crippen LogP contribution in [0.25, 0.3) is 0 Å². The molecule has 12 N–H and O–H groups in total. The Balaban J connectivity index is 1.22. The number of benzene rings is 3. The van der Waals surface area contributed by atoms with Gasteiger partial charge < -0.3 is 95.5 Å². The van der Waals surface area contributed by atoms with E-state index in [4.69, 9.17) is 33.2 Å². The van der Waals surface area contributed by atoms with Gasteiger partial charge in [0.1, 0.15) is 80.4 Å². The van der Waals surface area contributed by atoms with Gasteiger partial charge in [-0.15, -0.1) is 0 Å². The summed E-state index contributed by atoms with van der Waals surface area (Å²) in [6.07, 6.45) is -22.8. The number of amides is 4. The highest BCUT2D eigenvalue weighted by Crippen LogP contribution is 2.33. The van der Waals surface area contributed by atoms with E-state index in [2.05, 4.69) is 26.6 Å². The number of likely N-dealkylation sites (N-methyl/N-ethyl adjacent to an activating group) is 1. The second kappa shape index (κ2) is 24.8. The van der Waals surface area contributed by atoms with E-state index in [1.807, 2.05) is 0 Å². The highest BCUT2D eigenvalue weighted by Gasteiger charge is 2.54. The molecule has 2 saturated heterocycles. The predicted molar refractivity (Wildman–Crippen MR) is 237 cm³/mol. The van der Waals surface area contributed by atoms with E-state index in [0.29, 0.717) is 16.7 Å². The van der Waals surface area contributed by atoms with E-state index in [-0.39, 0.29) is 26.4 Å². The van der Waals surface area contributed by atoms with Crippen LogP contribution in [0.1, 0.15) is 30.0 Å². The largest absolute Gasteiger partial charge is 0.445 e. The Morgan fingerprint density at radius 3 is 1.68 bits per heavy atom. The zero-order chi connectivity index (χ0) is 49.7. The van der Waals surface area contributed by atoms with Crippen LogP contribution in [0.2, 0.25) is 0 Å². The molecule has 378 valence electrons. The first-order valence-corrected chi connectivity index (χ1v) is 22.3. The maximum absolute atomic E-state index is 13.6. The summed E-state index contributed by atoms with van der Waals surface area (Å²) >= 11 is 0. The van der Waals surface area contributed by atoms with Gasteiger partial charge in [0.05, 0.1) is 31.3 Å². The second-order valence-corrected chi connectivity index (χ2v) is 17.1. The molecule has 2 aliphatic heterocycles. The van der Waals surface area contributed by atoms with Gasteiger partial charge in [-0.2, -0.15) is 0 Å². The Hall–Kier alpha value is -5.54. The van der Waals surface area contributed by atoms with Crippen molar-refractivity contribution in [2.45, 2.75) is 124 Å². The number of rotatable bonds is 18. The van der Waals surface area contributed by atoms with Crippen LogP contribution in [-0.4, -0.2) is 178 Å². The Labute approximate surface area is 396 Å². The van der Waals surface area contributed by atoms with Gasteiger partial charge in [-0.1, -0.05) is 91.0 Å². The normalized spacial score (nSPS) is 31.6. The zero-order valence-corrected chi connectivity index (χ0v) is 37.8. The lowest BCUT2D eigenvalue weighted by Crippen LogP contribution is -2.70. The SMILES string of the molecule is CN[C@@H]1[C@@H](O)[C@@H](O[C@@H]2[C@@H](O)[C@H](O[C@H]3O[C@H](CNC(=O)OCc4ccccc4)[C@H](O)[C@@H](O)[C@@H]3O)[C@@H](NC(=O)OCc3ccccc3)C[C@H]2NC(=O)[C@@H](O)CNC(=O)OCc2ccccc2)OC[C@]1(C)O. The molecule has 0 aromatic heterocycles. The Kier molecular flexibility index (Phi) is 19.0. The zero-order valence-electron chi connectivity index (χ0n) is 37.8. The molecule has 1 aliphatic carbocycles. The summed E-state index contributed by atoms with van der Waals surface area (Å²) in [5.41, 5.74) is 0.399. The number of carbonyl (C=O) groups excluding carboxylic acids is 4. The van der Waals surface area contributed by atoms with Crippen LogP contribution in [0, 0.1) is 0 Å². The Morgan fingerprint density at radius 1 is 0.652 bits per heavy atom. The predicted octanol–water partition coefficient (Wildman–Crippen LogP) is -1.62. The van der Waals surface area contributed by atoms with Crippen LogP contribution >= 0.6 is 0 Å². The number of alkyl carbamates (subject to hydrolysis) is 3. The van der Waals surface area contributed by atoms with Gasteiger partial charge in [-0.05, 0) is 37.1 Å². The topological polar surface area (TPSA) is 335 Å². The summed E-state index contributed by atoms with van der Waals surface area (Å²) in [6, 6.07) is 22.4. The summed E-state index contributed by atoms with van der Waals surface area (Å²) in [5, 5.41) is 91.2. The van der Waals surface area contributed by atoms with Crippen molar-refractivity contribution in [3.63, 3.8) is 0 Å². The number of nitrogens with one attached hydrogen (secondary N) is 5. The van der Waals surface area contributed by atoms with Crippen LogP contribution in [-0.2, 0) is 57.8 Å². The second-order valence-electron chi connectivity index (χ2n) is 17.1. The molecule has 0 radical (unpaired) electrons. The first-order valence-electron chi connectivity index (χ1n) is 22.3. The molecule has 3 aliphatic rings. The number of aliphatic hydroxyl groups is 7. The highest BCUT2D eigenvalue weighted by molar-refractivity contribution is 5.82. The molecular weight excluding hydrogens is 911 g/mol. The minimum Gasteiger partial charge on any atom is -0.445 e. The van der Waals surface area contributed by atoms with Crippen molar-refractivity contribution in [3.05, 3.63) is 108 Å². The van der Waals surface area contributed by atoms with Crippen molar-refractivity contribution >= 4 is 24.2 Å². The third-order valence-corrected chi connectivity index (χ3v) is 11.8. The number of carbonyl (C=O) groups is 4. The standard InChI is InChI=1S/C46H61N5O18/c1-46(62)24-66-41(36(57)39(46)47-2)68-37-28(50-40(58)30(52)19-48-43(59)63-21-25-12-6-3-7-13-25)18-29(51-45(61)65-23-27-16-10-5-11-17-27)38(35(37)56)69-42-34(55)33(54)32(53)31(67-42)20-49-44(60)64-22-26-14-8-4-9-15-26/h3-17,28-39,41-42,47,52-57,62H,18-24H2,1-2H3,(H,48,59)(H,49,60)(H,50,58)(H,51,61)/t28-,29+,30+,31-,32+,33-,34+,35-,36-,37+,38-,39-,41-,42-,46+/m1/s1. The third-order valence-electron chi connectivity index (χ3n) is 11.8. The fourth-order valence-electron chi connectivity index (χ4n) is 8.11. The number of hydrogen-bond acceptors (Lipinski definition) is 19. The summed E-state index contributed by atoms with van der Waals surface area (Å²) in [4.78, 5) is 52.2. The van der Waals surface area contributed by atoms with E-state index in [1.54, 1.807) is 91.0 Å². The molecule has 23 heteroatoms. The van der Waals surface area contributed by atoms with E-state index in [9.17, 15) is 54.9 Å². The summed E-state index contributed by atoms with van der Waals surface area (Å²) in [5.74, 6) is -1.09. The van der Waals surface area contributed by atoms with Gasteiger partial charge in [0.15, 0.2) is 12.6 Å². The average Bonchev–Trinajstić information content (AvgIpc) is 3.34. The number of hydrogen-bond donors (Lipinski definition) is 12. The smallest absolute Gasteiger partial charge is 0.407 e. The van der Waals surface area contributed by atoms with Crippen molar-refractivity contribution in [1.82, 2.24) is 26.6 Å². The van der Waals surface area contributed by atoms with Gasteiger partial charge in [0.2, 0.25) is 0 Å². The Bertz CT molecular complexity index is 2100. The summed E-state index contributed by atoms with van der Waals surface area (Å²) < 4.78 is 39.8. The third kappa shape index (κ3) is 14.5. The highest BCUT2D eigenvalue weighted by atomic mass is 16.7. The number of ether oxygens (including phenoxy) is 7. The summed E-state index contributed by atoms with van der Waals surface area (Å²) in [6.45, 7) is -0.438. The van der Waals surface area contributed by atoms with Gasteiger partial charge in [-0.25, -0.2) is 14.4 Å². The molecule has 3 aromatic carbocycles.